The van der Waals surface area contributed by atoms with Crippen LogP contribution in [-0.2, 0) is 11.8 Å². The number of rotatable bonds is 4. The van der Waals surface area contributed by atoms with Gasteiger partial charge in [-0.1, -0.05) is 75.8 Å². The molecule has 6 rings (SSSR count). The van der Waals surface area contributed by atoms with Crippen molar-refractivity contribution < 1.29 is 9.90 Å². The Morgan fingerprint density at radius 2 is 1.89 bits per heavy atom. The Balaban J connectivity index is 1.40. The molecular formula is C31H33N3O3S. The minimum Gasteiger partial charge on any atom is -0.508 e. The summed E-state index contributed by atoms with van der Waals surface area (Å²) >= 11 is 1.23. The van der Waals surface area contributed by atoms with Crippen LogP contribution < -0.4 is 10.1 Å². The van der Waals surface area contributed by atoms with Gasteiger partial charge in [-0.3, -0.25) is 9.59 Å². The third-order valence-electron chi connectivity index (χ3n) is 9.21. The third-order valence-corrected chi connectivity index (χ3v) is 10.2. The standard InChI is InChI=1S/C31H33N3O3S/c1-18(2)20-8-12-23-21(17-20)9-13-25-30(23,3)14-5-15-31(25,4)26(36)27-32-33-29-34(27)28(37)24(38-29)16-19-6-10-22(35)11-7-19/h6-8,10-12,16-18,25,35H,5,9,13-15H2,1-4H3/b24-16+/t25-,30-,31-/m1/s1. The highest BCUT2D eigenvalue weighted by Crippen LogP contribution is 2.58. The zero-order chi connectivity index (χ0) is 26.8. The summed E-state index contributed by atoms with van der Waals surface area (Å²) < 4.78 is 1.89. The van der Waals surface area contributed by atoms with Crippen molar-refractivity contribution in [2.24, 2.45) is 11.3 Å². The van der Waals surface area contributed by atoms with Gasteiger partial charge < -0.3 is 5.11 Å². The minimum absolute atomic E-state index is 0.0748. The molecule has 1 saturated carbocycles. The largest absolute Gasteiger partial charge is 0.508 e. The molecule has 2 aliphatic rings. The summed E-state index contributed by atoms with van der Waals surface area (Å²) in [5.41, 5.74) is 3.97. The maximum atomic E-state index is 14.3. The van der Waals surface area contributed by atoms with Crippen molar-refractivity contribution in [2.45, 2.75) is 71.1 Å². The SMILES string of the molecule is CC(C)c1ccc2c(c1)CC[C@H]1[C@](C)(C(=O)c3nnc4s/c(=C/c5ccc(O)cc5)c(=O)n34)CCC[C@]21C. The molecule has 0 spiro atoms. The van der Waals surface area contributed by atoms with Gasteiger partial charge in [-0.2, -0.15) is 0 Å². The third kappa shape index (κ3) is 3.74. The normalized spacial score (nSPS) is 25.5. The Kier molecular flexibility index (Phi) is 5.83. The lowest BCUT2D eigenvalue weighted by molar-refractivity contribution is 0.0235. The van der Waals surface area contributed by atoms with Crippen molar-refractivity contribution in [2.75, 3.05) is 0 Å². The first-order valence-corrected chi connectivity index (χ1v) is 14.3. The second-order valence-corrected chi connectivity index (χ2v) is 12.8. The molecule has 2 heterocycles. The molecule has 196 valence electrons. The Hall–Kier alpha value is -3.32. The number of ketones is 1. The molecule has 6 nitrogen and oxygen atoms in total. The predicted octanol–water partition coefficient (Wildman–Crippen LogP) is 5.42. The summed E-state index contributed by atoms with van der Waals surface area (Å²) in [4.78, 5) is 28.2. The van der Waals surface area contributed by atoms with Crippen molar-refractivity contribution in [1.82, 2.24) is 14.6 Å². The first kappa shape index (κ1) is 25.0. The Bertz CT molecular complexity index is 1670. The van der Waals surface area contributed by atoms with Crippen molar-refractivity contribution in [3.05, 3.63) is 85.4 Å². The zero-order valence-electron chi connectivity index (χ0n) is 22.3. The van der Waals surface area contributed by atoms with Crippen LogP contribution in [0.2, 0.25) is 0 Å². The number of nitrogens with zero attached hydrogens (tertiary/aromatic N) is 3. The maximum Gasteiger partial charge on any atom is 0.276 e. The van der Waals surface area contributed by atoms with E-state index in [4.69, 9.17) is 0 Å². The van der Waals surface area contributed by atoms with E-state index in [1.54, 1.807) is 30.3 Å². The van der Waals surface area contributed by atoms with Crippen molar-refractivity contribution in [3.63, 3.8) is 0 Å². The van der Waals surface area contributed by atoms with Crippen LogP contribution in [0, 0.1) is 11.3 Å². The van der Waals surface area contributed by atoms with Gasteiger partial charge in [-0.25, -0.2) is 4.40 Å². The summed E-state index contributed by atoms with van der Waals surface area (Å²) in [5, 5.41) is 18.1. The molecule has 38 heavy (non-hydrogen) atoms. The maximum absolute atomic E-state index is 14.3. The molecule has 0 radical (unpaired) electrons. The number of aromatic hydroxyl groups is 1. The number of fused-ring (bicyclic) bond motifs is 4. The highest BCUT2D eigenvalue weighted by atomic mass is 32.1. The molecule has 1 fully saturated rings. The first-order valence-electron chi connectivity index (χ1n) is 13.5. The number of benzene rings is 2. The number of phenolic OH excluding ortho intramolecular Hbond substituents is 1. The van der Waals surface area contributed by atoms with Crippen LogP contribution in [0.15, 0.2) is 47.3 Å². The molecule has 2 aromatic heterocycles. The second kappa shape index (κ2) is 8.87. The molecule has 2 aromatic carbocycles. The molecular weight excluding hydrogens is 494 g/mol. The van der Waals surface area contributed by atoms with Gasteiger partial charge in [0.25, 0.3) is 5.56 Å². The van der Waals surface area contributed by atoms with Crippen LogP contribution in [0.25, 0.3) is 11.0 Å². The average molecular weight is 528 g/mol. The fourth-order valence-electron chi connectivity index (χ4n) is 7.13. The Labute approximate surface area is 226 Å². The lowest BCUT2D eigenvalue weighted by Crippen LogP contribution is -2.52. The van der Waals surface area contributed by atoms with E-state index in [9.17, 15) is 14.7 Å². The summed E-state index contributed by atoms with van der Waals surface area (Å²) in [7, 11) is 0. The van der Waals surface area contributed by atoms with Gasteiger partial charge in [0.05, 0.1) is 4.53 Å². The van der Waals surface area contributed by atoms with Crippen molar-refractivity contribution >= 4 is 28.2 Å². The first-order chi connectivity index (χ1) is 18.1. The molecule has 3 atom stereocenters. The number of carbonyl (C=O) groups excluding carboxylic acids is 1. The highest BCUT2D eigenvalue weighted by Gasteiger charge is 2.55. The number of phenols is 1. The highest BCUT2D eigenvalue weighted by molar-refractivity contribution is 7.15. The summed E-state index contributed by atoms with van der Waals surface area (Å²) in [6.07, 6.45) is 6.47. The van der Waals surface area contributed by atoms with E-state index in [1.807, 2.05) is 0 Å². The van der Waals surface area contributed by atoms with E-state index in [0.717, 1.165) is 37.7 Å². The minimum atomic E-state index is -0.625. The van der Waals surface area contributed by atoms with E-state index in [2.05, 4.69) is 56.1 Å². The Morgan fingerprint density at radius 3 is 2.63 bits per heavy atom. The van der Waals surface area contributed by atoms with Gasteiger partial charge in [-0.15, -0.1) is 10.2 Å². The molecule has 4 aromatic rings. The van der Waals surface area contributed by atoms with Gasteiger partial charge >= 0.3 is 0 Å². The lowest BCUT2D eigenvalue weighted by Gasteiger charge is -2.54. The van der Waals surface area contributed by atoms with E-state index >= 15 is 0 Å². The van der Waals surface area contributed by atoms with E-state index in [-0.39, 0.29) is 34.2 Å². The van der Waals surface area contributed by atoms with E-state index in [1.165, 1.54) is 32.4 Å². The van der Waals surface area contributed by atoms with Crippen molar-refractivity contribution in [3.8, 4) is 5.75 Å². The number of Topliss-reactive ketones (excluding diaryl/α,β-unsaturated/α-hetero) is 1. The second-order valence-electron chi connectivity index (χ2n) is 11.8. The molecule has 0 amide bonds. The van der Waals surface area contributed by atoms with Gasteiger partial charge in [0.15, 0.2) is 0 Å². The molecule has 0 aliphatic heterocycles. The van der Waals surface area contributed by atoms with Gasteiger partial charge in [0.2, 0.25) is 16.6 Å². The Morgan fingerprint density at radius 1 is 1.13 bits per heavy atom. The molecule has 7 heteroatoms. The average Bonchev–Trinajstić information content (AvgIpc) is 3.44. The topological polar surface area (TPSA) is 84.6 Å². The zero-order valence-corrected chi connectivity index (χ0v) is 23.1. The van der Waals surface area contributed by atoms with Gasteiger partial charge in [0, 0.05) is 5.41 Å². The fraction of sp³-hybridized carbons (Fsp3) is 0.419. The van der Waals surface area contributed by atoms with Crippen LogP contribution >= 0.6 is 11.3 Å². The monoisotopic (exact) mass is 527 g/mol. The molecule has 2 aliphatic carbocycles. The molecule has 0 bridgehead atoms. The fourth-order valence-corrected chi connectivity index (χ4v) is 8.04. The van der Waals surface area contributed by atoms with Crippen LogP contribution in [-0.4, -0.2) is 25.5 Å². The number of aryl methyl sites for hydroxylation is 1. The van der Waals surface area contributed by atoms with E-state index in [0.29, 0.717) is 15.4 Å². The van der Waals surface area contributed by atoms with Crippen LogP contribution in [0.3, 0.4) is 0 Å². The summed E-state index contributed by atoms with van der Waals surface area (Å²) in [5.74, 6) is 0.898. The number of hydrogen-bond donors (Lipinski definition) is 1. The van der Waals surface area contributed by atoms with E-state index < -0.39 is 5.41 Å². The van der Waals surface area contributed by atoms with Crippen LogP contribution in [0.5, 0.6) is 5.75 Å². The molecule has 1 N–H and O–H groups in total. The lowest BCUT2D eigenvalue weighted by atomic mass is 9.48. The van der Waals surface area contributed by atoms with Gasteiger partial charge in [0.1, 0.15) is 5.75 Å². The summed E-state index contributed by atoms with van der Waals surface area (Å²) in [6, 6.07) is 13.6. The smallest absolute Gasteiger partial charge is 0.276 e. The number of hydrogen-bond acceptors (Lipinski definition) is 6. The summed E-state index contributed by atoms with van der Waals surface area (Å²) in [6.45, 7) is 8.88. The predicted molar refractivity (Wildman–Crippen MR) is 150 cm³/mol. The number of aromatic nitrogens is 3. The molecule has 0 unspecified atom stereocenters. The molecule has 0 saturated heterocycles. The van der Waals surface area contributed by atoms with Gasteiger partial charge in [-0.05, 0) is 83.4 Å². The van der Waals surface area contributed by atoms with Crippen molar-refractivity contribution in [1.29, 1.82) is 0 Å². The quantitative estimate of drug-likeness (QED) is 0.358. The van der Waals surface area contributed by atoms with Crippen LogP contribution in [0.1, 0.15) is 92.2 Å². The van der Waals surface area contributed by atoms with Crippen LogP contribution in [0.4, 0.5) is 0 Å². The number of carbonyl (C=O) groups is 1. The number of thiazole rings is 1.